The summed E-state index contributed by atoms with van der Waals surface area (Å²) in [4.78, 5) is 1.94. The van der Waals surface area contributed by atoms with E-state index >= 15 is 0 Å². The van der Waals surface area contributed by atoms with Crippen molar-refractivity contribution in [1.29, 1.82) is 0 Å². The summed E-state index contributed by atoms with van der Waals surface area (Å²) in [6, 6.07) is 22.1. The third-order valence-corrected chi connectivity index (χ3v) is 5.79. The average molecular weight is 442 g/mol. The van der Waals surface area contributed by atoms with Crippen molar-refractivity contribution < 1.29 is 20.1 Å². The van der Waals surface area contributed by atoms with Crippen LogP contribution in [-0.2, 0) is 0 Å². The Labute approximate surface area is 193 Å². The van der Waals surface area contributed by atoms with Gasteiger partial charge in [0.1, 0.15) is 28.7 Å². The number of rotatable bonds is 5. The Kier molecular flexibility index (Phi) is 5.88. The van der Waals surface area contributed by atoms with E-state index in [-0.39, 0.29) is 17.2 Å². The molecule has 0 atom stereocenters. The van der Waals surface area contributed by atoms with Crippen molar-refractivity contribution in [3.8, 4) is 28.7 Å². The molecule has 4 rings (SSSR count). The molecular formula is C28H27NO4. The molecule has 5 heteroatoms. The summed E-state index contributed by atoms with van der Waals surface area (Å²) in [6.45, 7) is 7.35. The highest BCUT2D eigenvalue weighted by molar-refractivity contribution is 5.79. The van der Waals surface area contributed by atoms with E-state index in [1.54, 1.807) is 12.1 Å². The highest BCUT2D eigenvalue weighted by atomic mass is 16.5. The van der Waals surface area contributed by atoms with Crippen molar-refractivity contribution in [3.05, 3.63) is 95.1 Å². The van der Waals surface area contributed by atoms with Crippen LogP contribution in [0.2, 0.25) is 0 Å². The number of nitrogens with zero attached hydrogens (tertiary/aromatic N) is 1. The molecule has 0 spiro atoms. The van der Waals surface area contributed by atoms with Gasteiger partial charge in [0.2, 0.25) is 0 Å². The maximum Gasteiger partial charge on any atom is 0.134 e. The molecule has 0 aliphatic carbocycles. The summed E-state index contributed by atoms with van der Waals surface area (Å²) in [5.74, 6) is 1.76. The molecule has 0 saturated heterocycles. The third-order valence-electron chi connectivity index (χ3n) is 5.79. The van der Waals surface area contributed by atoms with Gasteiger partial charge in [-0.15, -0.1) is 0 Å². The average Bonchev–Trinajstić information content (AvgIpc) is 2.79. The summed E-state index contributed by atoms with van der Waals surface area (Å²) in [5, 5.41) is 31.0. The fourth-order valence-electron chi connectivity index (χ4n) is 3.66. The molecule has 0 heterocycles. The molecule has 5 nitrogen and oxygen atoms in total. The monoisotopic (exact) mass is 441 g/mol. The number of aromatic hydroxyl groups is 3. The molecule has 0 aromatic heterocycles. The highest BCUT2D eigenvalue weighted by Gasteiger charge is 2.16. The number of aryl methyl sites for hydroxylation is 3. The van der Waals surface area contributed by atoms with Gasteiger partial charge in [0, 0.05) is 40.8 Å². The largest absolute Gasteiger partial charge is 0.508 e. The lowest BCUT2D eigenvalue weighted by atomic mass is 10.1. The summed E-state index contributed by atoms with van der Waals surface area (Å²) < 4.78 is 6.11. The van der Waals surface area contributed by atoms with Crippen molar-refractivity contribution in [3.63, 3.8) is 0 Å². The molecule has 0 radical (unpaired) electrons. The van der Waals surface area contributed by atoms with Crippen molar-refractivity contribution in [2.75, 3.05) is 4.90 Å². The van der Waals surface area contributed by atoms with Gasteiger partial charge in [0.25, 0.3) is 0 Å². The second kappa shape index (κ2) is 8.79. The Balaban J connectivity index is 1.80. The van der Waals surface area contributed by atoms with Crippen LogP contribution in [0.5, 0.6) is 28.7 Å². The summed E-state index contributed by atoms with van der Waals surface area (Å²) in [6.07, 6.45) is 0. The van der Waals surface area contributed by atoms with Crippen molar-refractivity contribution in [1.82, 2.24) is 0 Å². The van der Waals surface area contributed by atoms with Crippen LogP contribution < -0.4 is 9.64 Å². The topological polar surface area (TPSA) is 73.2 Å². The Morgan fingerprint density at radius 3 is 1.73 bits per heavy atom. The van der Waals surface area contributed by atoms with E-state index in [4.69, 9.17) is 4.74 Å². The van der Waals surface area contributed by atoms with Crippen molar-refractivity contribution >= 4 is 17.1 Å². The van der Waals surface area contributed by atoms with E-state index in [1.807, 2.05) is 93.3 Å². The zero-order valence-corrected chi connectivity index (χ0v) is 19.1. The molecular weight excluding hydrogens is 414 g/mol. The first kappa shape index (κ1) is 22.1. The first-order valence-electron chi connectivity index (χ1n) is 10.7. The van der Waals surface area contributed by atoms with E-state index in [0.717, 1.165) is 33.8 Å². The number of benzene rings is 4. The second-order valence-electron chi connectivity index (χ2n) is 8.23. The predicted octanol–water partition coefficient (Wildman–Crippen LogP) is 7.30. The van der Waals surface area contributed by atoms with Gasteiger partial charge < -0.3 is 25.0 Å². The van der Waals surface area contributed by atoms with Crippen molar-refractivity contribution in [2.24, 2.45) is 0 Å². The van der Waals surface area contributed by atoms with Crippen LogP contribution in [0.3, 0.4) is 0 Å². The lowest BCUT2D eigenvalue weighted by molar-refractivity contribution is 0.445. The lowest BCUT2D eigenvalue weighted by Gasteiger charge is -2.26. The minimum absolute atomic E-state index is 0.187. The minimum Gasteiger partial charge on any atom is -0.508 e. The first-order valence-corrected chi connectivity index (χ1v) is 10.7. The van der Waals surface area contributed by atoms with Crippen LogP contribution in [0.25, 0.3) is 0 Å². The minimum atomic E-state index is 0.187. The van der Waals surface area contributed by atoms with E-state index in [2.05, 4.69) is 0 Å². The molecule has 3 N–H and O–H groups in total. The number of phenolic OH excluding ortho intramolecular Hbond substituents is 3. The first-order chi connectivity index (χ1) is 15.7. The van der Waals surface area contributed by atoms with Crippen LogP contribution in [0.4, 0.5) is 17.1 Å². The fourth-order valence-corrected chi connectivity index (χ4v) is 3.66. The van der Waals surface area contributed by atoms with Crippen LogP contribution in [0.15, 0.2) is 72.8 Å². The van der Waals surface area contributed by atoms with Crippen LogP contribution in [0.1, 0.15) is 22.3 Å². The van der Waals surface area contributed by atoms with Crippen LogP contribution >= 0.6 is 0 Å². The number of hydrogen-bond acceptors (Lipinski definition) is 5. The molecule has 4 aromatic rings. The summed E-state index contributed by atoms with van der Waals surface area (Å²) >= 11 is 0. The number of hydrogen-bond donors (Lipinski definition) is 3. The highest BCUT2D eigenvalue weighted by Crippen LogP contribution is 2.40. The molecule has 168 valence electrons. The van der Waals surface area contributed by atoms with Gasteiger partial charge in [0.05, 0.1) is 0 Å². The Bertz CT molecular complexity index is 1280. The summed E-state index contributed by atoms with van der Waals surface area (Å²) in [7, 11) is 0. The molecule has 4 aromatic carbocycles. The number of anilines is 3. The molecule has 0 saturated carbocycles. The van der Waals surface area contributed by atoms with Gasteiger partial charge in [0.15, 0.2) is 0 Å². The zero-order valence-electron chi connectivity index (χ0n) is 19.1. The maximum atomic E-state index is 10.3. The van der Waals surface area contributed by atoms with Crippen LogP contribution in [-0.4, -0.2) is 15.3 Å². The van der Waals surface area contributed by atoms with E-state index in [1.165, 1.54) is 0 Å². The fraction of sp³-hybridized carbons (Fsp3) is 0.143. The Morgan fingerprint density at radius 1 is 0.606 bits per heavy atom. The summed E-state index contributed by atoms with van der Waals surface area (Å²) in [5.41, 5.74) is 5.27. The molecule has 0 fully saturated rings. The van der Waals surface area contributed by atoms with E-state index in [9.17, 15) is 15.3 Å². The van der Waals surface area contributed by atoms with E-state index < -0.39 is 0 Å². The molecule has 0 aliphatic rings. The molecule has 0 aliphatic heterocycles. The predicted molar refractivity (Wildman–Crippen MR) is 132 cm³/mol. The van der Waals surface area contributed by atoms with Gasteiger partial charge in [-0.2, -0.15) is 0 Å². The van der Waals surface area contributed by atoms with E-state index in [0.29, 0.717) is 17.1 Å². The molecule has 33 heavy (non-hydrogen) atoms. The number of phenols is 3. The Morgan fingerprint density at radius 2 is 1.15 bits per heavy atom. The standard InChI is InChI=1S/C28H27NO4/c1-17-8-11-22(15-25(17)30)29(23-12-9-18(2)26(31)16-23)21-6-5-7-24(14-21)33-27-13-10-19(3)28(32)20(27)4/h5-16,30-32H,1-4H3. The third kappa shape index (κ3) is 4.44. The van der Waals surface area contributed by atoms with Crippen LogP contribution in [0, 0.1) is 27.7 Å². The number of ether oxygens (including phenoxy) is 1. The normalized spacial score (nSPS) is 10.8. The zero-order chi connectivity index (χ0) is 23.7. The van der Waals surface area contributed by atoms with Gasteiger partial charge in [-0.1, -0.05) is 24.3 Å². The van der Waals surface area contributed by atoms with Crippen molar-refractivity contribution in [2.45, 2.75) is 27.7 Å². The van der Waals surface area contributed by atoms with Gasteiger partial charge in [-0.05, 0) is 74.7 Å². The van der Waals surface area contributed by atoms with Gasteiger partial charge >= 0.3 is 0 Å². The SMILES string of the molecule is Cc1ccc(N(c2cccc(Oc3ccc(C)c(O)c3C)c2)c2ccc(C)c(O)c2)cc1O. The molecule has 0 amide bonds. The molecule has 0 bridgehead atoms. The smallest absolute Gasteiger partial charge is 0.134 e. The lowest BCUT2D eigenvalue weighted by Crippen LogP contribution is -2.10. The van der Waals surface area contributed by atoms with Gasteiger partial charge in [-0.25, -0.2) is 0 Å². The molecule has 0 unspecified atom stereocenters. The van der Waals surface area contributed by atoms with Gasteiger partial charge in [-0.3, -0.25) is 0 Å². The quantitative estimate of drug-likeness (QED) is 0.303. The Hall–Kier alpha value is -4.12. The maximum absolute atomic E-state index is 10.3. The second-order valence-corrected chi connectivity index (χ2v) is 8.23.